The number of carbonyl (C=O) groups excluding carboxylic acids is 3. The van der Waals surface area contributed by atoms with E-state index < -0.39 is 0 Å². The lowest BCUT2D eigenvalue weighted by atomic mass is 9.95. The van der Waals surface area contributed by atoms with Crippen LogP contribution in [0.25, 0.3) is 0 Å². The maximum absolute atomic E-state index is 13.1. The average molecular weight is 530 g/mol. The Kier molecular flexibility index (Phi) is 13.8. The monoisotopic (exact) mass is 529 g/mol. The van der Waals surface area contributed by atoms with E-state index in [1.807, 2.05) is 0 Å². The van der Waals surface area contributed by atoms with Crippen LogP contribution in [-0.4, -0.2) is 85.5 Å². The summed E-state index contributed by atoms with van der Waals surface area (Å²) in [5, 5.41) is 7.68. The fourth-order valence-electron chi connectivity index (χ4n) is 4.83. The molecule has 1 aromatic heterocycles. The van der Waals surface area contributed by atoms with Gasteiger partial charge in [0, 0.05) is 50.7 Å². The van der Waals surface area contributed by atoms with E-state index >= 15 is 0 Å². The summed E-state index contributed by atoms with van der Waals surface area (Å²) in [6.45, 7) is 5.25. The molecule has 0 atom stereocenters. The van der Waals surface area contributed by atoms with E-state index in [1.54, 1.807) is 29.6 Å². The molecule has 1 saturated carbocycles. The van der Waals surface area contributed by atoms with Gasteiger partial charge in [0.25, 0.3) is 0 Å². The van der Waals surface area contributed by atoms with Crippen molar-refractivity contribution in [1.29, 1.82) is 0 Å². The van der Waals surface area contributed by atoms with Crippen LogP contribution in [0.3, 0.4) is 0 Å². The van der Waals surface area contributed by atoms with Crippen molar-refractivity contribution < 1.29 is 24.0 Å². The number of hydrogen-bond acceptors (Lipinski definition) is 9. The van der Waals surface area contributed by atoms with Gasteiger partial charge in [-0.2, -0.15) is 0 Å². The van der Waals surface area contributed by atoms with E-state index in [9.17, 15) is 14.4 Å². The van der Waals surface area contributed by atoms with Crippen molar-refractivity contribution >= 4 is 24.2 Å². The number of carbonyl (C=O) groups is 3. The number of aldehydes is 2. The number of rotatable bonds is 17. The Balaban J connectivity index is 1.35. The summed E-state index contributed by atoms with van der Waals surface area (Å²) < 4.78 is 5.41. The van der Waals surface area contributed by atoms with Crippen molar-refractivity contribution in [3.8, 4) is 0 Å². The Hall–Kier alpha value is -2.82. The minimum atomic E-state index is 0.0842. The maximum atomic E-state index is 13.1. The van der Waals surface area contributed by atoms with Gasteiger partial charge in [-0.1, -0.05) is 32.1 Å². The Labute approximate surface area is 226 Å². The molecular weight excluding hydrogens is 486 g/mol. The fourth-order valence-corrected chi connectivity index (χ4v) is 4.83. The molecule has 2 fully saturated rings. The zero-order chi connectivity index (χ0) is 26.8. The van der Waals surface area contributed by atoms with E-state index in [4.69, 9.17) is 9.57 Å². The van der Waals surface area contributed by atoms with Crippen LogP contribution in [-0.2, 0) is 24.0 Å². The number of ether oxygens (including phenoxy) is 1. The summed E-state index contributed by atoms with van der Waals surface area (Å²) in [5.74, 6) is 0.0842. The predicted molar refractivity (Wildman–Crippen MR) is 145 cm³/mol. The second-order valence-electron chi connectivity index (χ2n) is 9.81. The number of pyridine rings is 1. The SMILES string of the molecule is O=C/C(NCCCCCCC(=O)N(OCCN1CCOCC1)C1CCCCC1)=C(\C=O)Nc1ccncc1. The smallest absolute Gasteiger partial charge is 0.246 e. The standard InChI is InChI=1S/C28H43N5O5/c34-22-26(27(23-35)31-24-11-14-29-15-12-24)30-13-7-2-1-6-10-28(36)33(25-8-4-3-5-9-25)38-21-18-32-16-19-37-20-17-32/h11-12,14-15,22-23,25,30H,1-10,13,16-21H2,(H,29,31)/b27-26-. The summed E-state index contributed by atoms with van der Waals surface area (Å²) in [7, 11) is 0. The second-order valence-corrected chi connectivity index (χ2v) is 9.81. The molecule has 0 aromatic carbocycles. The normalized spacial score (nSPS) is 17.4. The van der Waals surface area contributed by atoms with E-state index in [0.717, 1.165) is 84.2 Å². The van der Waals surface area contributed by atoms with E-state index in [1.165, 1.54) is 6.42 Å². The first-order valence-corrected chi connectivity index (χ1v) is 14.0. The quantitative estimate of drug-likeness (QED) is 0.136. The third-order valence-electron chi connectivity index (χ3n) is 7.01. The molecule has 1 aliphatic carbocycles. The third-order valence-corrected chi connectivity index (χ3v) is 7.01. The number of unbranched alkanes of at least 4 members (excludes halogenated alkanes) is 3. The molecule has 1 amide bonds. The first-order chi connectivity index (χ1) is 18.7. The summed E-state index contributed by atoms with van der Waals surface area (Å²) in [5.41, 5.74) is 1.10. The van der Waals surface area contributed by atoms with Gasteiger partial charge in [0.05, 0.1) is 25.9 Å². The van der Waals surface area contributed by atoms with Gasteiger partial charge >= 0.3 is 0 Å². The first kappa shape index (κ1) is 29.7. The number of hydroxylamine groups is 2. The molecule has 1 aromatic rings. The number of amides is 1. The van der Waals surface area contributed by atoms with Crippen molar-refractivity contribution in [3.63, 3.8) is 0 Å². The molecule has 210 valence electrons. The van der Waals surface area contributed by atoms with E-state index in [0.29, 0.717) is 37.8 Å². The van der Waals surface area contributed by atoms with Crippen LogP contribution >= 0.6 is 0 Å². The molecule has 0 spiro atoms. The van der Waals surface area contributed by atoms with Crippen molar-refractivity contribution in [1.82, 2.24) is 20.3 Å². The van der Waals surface area contributed by atoms with E-state index in [-0.39, 0.29) is 23.3 Å². The number of anilines is 1. The molecule has 10 heteroatoms. The highest BCUT2D eigenvalue weighted by atomic mass is 16.7. The Morgan fingerprint density at radius 3 is 2.45 bits per heavy atom. The third kappa shape index (κ3) is 10.5. The molecule has 3 rings (SSSR count). The highest BCUT2D eigenvalue weighted by Crippen LogP contribution is 2.24. The van der Waals surface area contributed by atoms with Gasteiger partial charge in [-0.05, 0) is 37.8 Å². The van der Waals surface area contributed by atoms with Crippen molar-refractivity contribution in [3.05, 3.63) is 35.9 Å². The zero-order valence-electron chi connectivity index (χ0n) is 22.4. The largest absolute Gasteiger partial charge is 0.381 e. The highest BCUT2D eigenvalue weighted by molar-refractivity contribution is 5.89. The lowest BCUT2D eigenvalue weighted by molar-refractivity contribution is -0.205. The number of morpholine rings is 1. The summed E-state index contributed by atoms with van der Waals surface area (Å²) >= 11 is 0. The van der Waals surface area contributed by atoms with Gasteiger partial charge in [0.15, 0.2) is 12.6 Å². The lowest BCUT2D eigenvalue weighted by Crippen LogP contribution is -2.44. The number of allylic oxidation sites excluding steroid dienone is 2. The minimum Gasteiger partial charge on any atom is -0.381 e. The van der Waals surface area contributed by atoms with Gasteiger partial charge in [-0.3, -0.25) is 29.1 Å². The zero-order valence-corrected chi connectivity index (χ0v) is 22.4. The summed E-state index contributed by atoms with van der Waals surface area (Å²) in [4.78, 5) is 48.4. The fraction of sp³-hybridized carbons (Fsp3) is 0.643. The Morgan fingerprint density at radius 1 is 1.03 bits per heavy atom. The molecule has 2 heterocycles. The number of aromatic nitrogens is 1. The molecular formula is C28H43N5O5. The summed E-state index contributed by atoms with van der Waals surface area (Å²) in [6.07, 6.45) is 14.0. The van der Waals surface area contributed by atoms with Crippen LogP contribution in [0.1, 0.15) is 64.2 Å². The van der Waals surface area contributed by atoms with Crippen molar-refractivity contribution in [2.75, 3.05) is 51.3 Å². The number of nitrogens with zero attached hydrogens (tertiary/aromatic N) is 3. The average Bonchev–Trinajstić information content (AvgIpc) is 2.97. The van der Waals surface area contributed by atoms with Gasteiger partial charge in [-0.15, -0.1) is 0 Å². The lowest BCUT2D eigenvalue weighted by Gasteiger charge is -2.34. The Morgan fingerprint density at radius 2 is 1.74 bits per heavy atom. The van der Waals surface area contributed by atoms with Crippen molar-refractivity contribution in [2.24, 2.45) is 0 Å². The summed E-state index contributed by atoms with van der Waals surface area (Å²) in [6, 6.07) is 3.63. The molecule has 1 aliphatic heterocycles. The molecule has 38 heavy (non-hydrogen) atoms. The highest BCUT2D eigenvalue weighted by Gasteiger charge is 2.26. The molecule has 0 radical (unpaired) electrons. The number of nitrogens with one attached hydrogen (secondary N) is 2. The topological polar surface area (TPSA) is 113 Å². The van der Waals surface area contributed by atoms with Crippen LogP contribution in [0.2, 0.25) is 0 Å². The van der Waals surface area contributed by atoms with E-state index in [2.05, 4.69) is 20.5 Å². The van der Waals surface area contributed by atoms with Gasteiger partial charge in [-0.25, -0.2) is 5.06 Å². The van der Waals surface area contributed by atoms with Gasteiger partial charge in [0.1, 0.15) is 11.4 Å². The van der Waals surface area contributed by atoms with Crippen LogP contribution in [0, 0.1) is 0 Å². The molecule has 10 nitrogen and oxygen atoms in total. The second kappa shape index (κ2) is 17.6. The molecule has 2 aliphatic rings. The molecule has 2 N–H and O–H groups in total. The molecule has 0 unspecified atom stereocenters. The van der Waals surface area contributed by atoms with Gasteiger partial charge < -0.3 is 15.4 Å². The molecule has 1 saturated heterocycles. The minimum absolute atomic E-state index is 0.0842. The van der Waals surface area contributed by atoms with Crippen LogP contribution < -0.4 is 10.6 Å². The molecule has 0 bridgehead atoms. The maximum Gasteiger partial charge on any atom is 0.246 e. The van der Waals surface area contributed by atoms with Crippen LogP contribution in [0.5, 0.6) is 0 Å². The first-order valence-electron chi connectivity index (χ1n) is 14.0. The van der Waals surface area contributed by atoms with Crippen LogP contribution in [0.4, 0.5) is 5.69 Å². The van der Waals surface area contributed by atoms with Crippen LogP contribution in [0.15, 0.2) is 35.9 Å². The van der Waals surface area contributed by atoms with Crippen molar-refractivity contribution in [2.45, 2.75) is 70.3 Å². The Bertz CT molecular complexity index is 870. The van der Waals surface area contributed by atoms with Gasteiger partial charge in [0.2, 0.25) is 5.91 Å². The number of hydrogen-bond donors (Lipinski definition) is 2. The predicted octanol–water partition coefficient (Wildman–Crippen LogP) is 3.07.